The van der Waals surface area contributed by atoms with Gasteiger partial charge in [0, 0.05) is 12.5 Å². The van der Waals surface area contributed by atoms with E-state index in [0.29, 0.717) is 12.8 Å². The van der Waals surface area contributed by atoms with Crippen molar-refractivity contribution in [3.05, 3.63) is 29.8 Å². The first-order chi connectivity index (χ1) is 7.97. The lowest BCUT2D eigenvalue weighted by molar-refractivity contribution is -0.150. The van der Waals surface area contributed by atoms with Crippen LogP contribution in [0.1, 0.15) is 26.7 Å². The van der Waals surface area contributed by atoms with Gasteiger partial charge in [0.1, 0.15) is 17.7 Å². The topological polar surface area (TPSA) is 26.3 Å². The fraction of sp³-hybridized carbons (Fsp3) is 0.462. The lowest BCUT2D eigenvalue weighted by Gasteiger charge is -2.44. The van der Waals surface area contributed by atoms with Crippen molar-refractivity contribution in [2.24, 2.45) is 5.41 Å². The molecule has 2 unspecified atom stereocenters. The maximum absolute atomic E-state index is 13.4. The average Bonchev–Trinajstić information content (AvgIpc) is 2.30. The number of ketones is 1. The van der Waals surface area contributed by atoms with Gasteiger partial charge in [0.05, 0.1) is 5.41 Å². The van der Waals surface area contributed by atoms with Crippen molar-refractivity contribution in [1.82, 2.24) is 0 Å². The van der Waals surface area contributed by atoms with Crippen molar-refractivity contribution in [1.29, 1.82) is 0 Å². The Balaban J connectivity index is 2.15. The third-order valence-electron chi connectivity index (χ3n) is 3.62. The molecule has 4 heteroatoms. The van der Waals surface area contributed by atoms with Gasteiger partial charge in [0.2, 0.25) is 0 Å². The number of rotatable bonds is 3. The number of hydrogen-bond donors (Lipinski definition) is 0. The van der Waals surface area contributed by atoms with Crippen LogP contribution in [0.25, 0.3) is 0 Å². The molecule has 1 aliphatic rings. The van der Waals surface area contributed by atoms with Crippen LogP contribution in [0, 0.1) is 17.0 Å². The van der Waals surface area contributed by atoms with E-state index in [1.54, 1.807) is 0 Å². The van der Waals surface area contributed by atoms with Crippen molar-refractivity contribution < 1.29 is 18.3 Å². The molecule has 0 heterocycles. The minimum atomic E-state index is -0.734. The molecule has 0 bridgehead atoms. The molecule has 0 spiro atoms. The zero-order valence-electron chi connectivity index (χ0n) is 9.80. The van der Waals surface area contributed by atoms with Gasteiger partial charge in [-0.25, -0.2) is 8.78 Å². The fourth-order valence-electron chi connectivity index (χ4n) is 2.00. The molecule has 2 rings (SSSR count). The molecule has 92 valence electrons. The molecule has 1 fully saturated rings. The van der Waals surface area contributed by atoms with Gasteiger partial charge in [-0.1, -0.05) is 6.92 Å². The number of benzene rings is 1. The highest BCUT2D eigenvalue weighted by molar-refractivity contribution is 5.92. The molecule has 1 aromatic carbocycles. The standard InChI is InChI=1S/C13H14F2O2/c1-3-13(2)11(16)7-12(13)17-10-5-4-8(14)6-9(10)15/h4-6,12H,3,7H2,1-2H3. The molecule has 2 atom stereocenters. The third kappa shape index (κ3) is 1.92. The summed E-state index contributed by atoms with van der Waals surface area (Å²) in [7, 11) is 0. The highest BCUT2D eigenvalue weighted by atomic mass is 19.1. The quantitative estimate of drug-likeness (QED) is 0.811. The van der Waals surface area contributed by atoms with Gasteiger partial charge in [0.25, 0.3) is 0 Å². The van der Waals surface area contributed by atoms with Crippen LogP contribution in [-0.4, -0.2) is 11.9 Å². The minimum absolute atomic E-state index is 0.00331. The first-order valence-corrected chi connectivity index (χ1v) is 5.62. The summed E-state index contributed by atoms with van der Waals surface area (Å²) in [5.74, 6) is -1.24. The molecule has 1 aromatic rings. The minimum Gasteiger partial charge on any atom is -0.486 e. The molecule has 1 aliphatic carbocycles. The van der Waals surface area contributed by atoms with Gasteiger partial charge in [-0.05, 0) is 25.5 Å². The number of halogens is 2. The van der Waals surface area contributed by atoms with E-state index in [1.807, 2.05) is 13.8 Å². The summed E-state index contributed by atoms with van der Waals surface area (Å²) >= 11 is 0. The smallest absolute Gasteiger partial charge is 0.167 e. The monoisotopic (exact) mass is 240 g/mol. The van der Waals surface area contributed by atoms with Gasteiger partial charge in [-0.15, -0.1) is 0 Å². The molecule has 0 saturated heterocycles. The Morgan fingerprint density at radius 3 is 2.71 bits per heavy atom. The highest BCUT2D eigenvalue weighted by Gasteiger charge is 2.51. The maximum Gasteiger partial charge on any atom is 0.167 e. The fourth-order valence-corrected chi connectivity index (χ4v) is 2.00. The molecule has 17 heavy (non-hydrogen) atoms. The molecule has 0 amide bonds. The SMILES string of the molecule is CCC1(C)C(=O)CC1Oc1ccc(F)cc1F. The van der Waals surface area contributed by atoms with Gasteiger partial charge in [-0.2, -0.15) is 0 Å². The Hall–Kier alpha value is -1.45. The van der Waals surface area contributed by atoms with Crippen molar-refractivity contribution in [2.75, 3.05) is 0 Å². The maximum atomic E-state index is 13.4. The highest BCUT2D eigenvalue weighted by Crippen LogP contribution is 2.42. The number of carbonyl (C=O) groups is 1. The van der Waals surface area contributed by atoms with Crippen LogP contribution in [-0.2, 0) is 4.79 Å². The third-order valence-corrected chi connectivity index (χ3v) is 3.62. The van der Waals surface area contributed by atoms with E-state index >= 15 is 0 Å². The zero-order valence-corrected chi connectivity index (χ0v) is 9.80. The van der Waals surface area contributed by atoms with E-state index in [2.05, 4.69) is 0 Å². The first kappa shape index (κ1) is 12.0. The van der Waals surface area contributed by atoms with E-state index in [4.69, 9.17) is 4.74 Å². The zero-order chi connectivity index (χ0) is 12.6. The lowest BCUT2D eigenvalue weighted by Crippen LogP contribution is -2.54. The summed E-state index contributed by atoms with van der Waals surface area (Å²) in [6, 6.07) is 3.17. The van der Waals surface area contributed by atoms with Crippen LogP contribution < -0.4 is 4.74 Å². The van der Waals surface area contributed by atoms with Crippen LogP contribution in [0.15, 0.2) is 18.2 Å². The van der Waals surface area contributed by atoms with E-state index in [0.717, 1.165) is 12.1 Å². The summed E-state index contributed by atoms with van der Waals surface area (Å²) in [5, 5.41) is 0. The summed E-state index contributed by atoms with van der Waals surface area (Å²) in [6.07, 6.45) is 0.625. The molecule has 0 radical (unpaired) electrons. The second-order valence-corrected chi connectivity index (χ2v) is 4.58. The van der Waals surface area contributed by atoms with E-state index < -0.39 is 17.0 Å². The van der Waals surface area contributed by atoms with Crippen molar-refractivity contribution in [3.8, 4) is 5.75 Å². The van der Waals surface area contributed by atoms with Crippen LogP contribution in [0.4, 0.5) is 8.78 Å². The summed E-state index contributed by atoms with van der Waals surface area (Å²) < 4.78 is 31.5. The predicted molar refractivity (Wildman–Crippen MR) is 58.8 cm³/mol. The van der Waals surface area contributed by atoms with Gasteiger partial charge >= 0.3 is 0 Å². The Kier molecular flexibility index (Phi) is 2.89. The molecule has 0 aliphatic heterocycles. The Morgan fingerprint density at radius 1 is 1.47 bits per heavy atom. The van der Waals surface area contributed by atoms with Crippen LogP contribution in [0.2, 0.25) is 0 Å². The van der Waals surface area contributed by atoms with Gasteiger partial charge in [-0.3, -0.25) is 4.79 Å². The van der Waals surface area contributed by atoms with Crippen LogP contribution in [0.5, 0.6) is 5.75 Å². The second kappa shape index (κ2) is 4.09. The summed E-state index contributed by atoms with van der Waals surface area (Å²) in [6.45, 7) is 3.71. The summed E-state index contributed by atoms with van der Waals surface area (Å²) in [5.41, 5.74) is -0.541. The predicted octanol–water partition coefficient (Wildman–Crippen LogP) is 3.10. The van der Waals surface area contributed by atoms with Crippen molar-refractivity contribution in [2.45, 2.75) is 32.8 Å². The Bertz CT molecular complexity index is 459. The largest absolute Gasteiger partial charge is 0.486 e. The van der Waals surface area contributed by atoms with Crippen molar-refractivity contribution >= 4 is 5.78 Å². The number of Topliss-reactive ketones (excluding diaryl/α,β-unsaturated/α-hetero) is 1. The molecular formula is C13H14F2O2. The molecule has 0 N–H and O–H groups in total. The van der Waals surface area contributed by atoms with Crippen molar-refractivity contribution in [3.63, 3.8) is 0 Å². The molecular weight excluding hydrogens is 226 g/mol. The van der Waals surface area contributed by atoms with E-state index in [-0.39, 0.29) is 17.6 Å². The lowest BCUT2D eigenvalue weighted by atomic mass is 9.64. The van der Waals surface area contributed by atoms with Crippen LogP contribution in [0.3, 0.4) is 0 Å². The van der Waals surface area contributed by atoms with E-state index in [1.165, 1.54) is 6.07 Å². The number of carbonyl (C=O) groups excluding carboxylic acids is 1. The molecule has 2 nitrogen and oxygen atoms in total. The molecule has 0 aromatic heterocycles. The second-order valence-electron chi connectivity index (χ2n) is 4.58. The normalized spacial score (nSPS) is 27.8. The summed E-state index contributed by atoms with van der Waals surface area (Å²) in [4.78, 5) is 11.5. The number of hydrogen-bond acceptors (Lipinski definition) is 2. The van der Waals surface area contributed by atoms with Gasteiger partial charge in [0.15, 0.2) is 11.6 Å². The first-order valence-electron chi connectivity index (χ1n) is 5.62. The van der Waals surface area contributed by atoms with Gasteiger partial charge < -0.3 is 4.74 Å². The Morgan fingerprint density at radius 2 is 2.18 bits per heavy atom. The average molecular weight is 240 g/mol. The van der Waals surface area contributed by atoms with E-state index in [9.17, 15) is 13.6 Å². The Labute approximate surface area is 98.6 Å². The number of ether oxygens (including phenoxy) is 1. The van der Waals surface area contributed by atoms with Crippen LogP contribution >= 0.6 is 0 Å². The molecule has 1 saturated carbocycles.